The second-order valence-electron chi connectivity index (χ2n) is 6.54. The molecular formula is C16H19BF4N2O. The molecule has 0 aromatic carbocycles. The number of aryl methyl sites for hydroxylation is 2. The minimum atomic E-state index is -4.61. The third-order valence-electron chi connectivity index (χ3n) is 4.65. The van der Waals surface area contributed by atoms with E-state index >= 15 is 4.32 Å². The molecule has 0 saturated heterocycles. The summed E-state index contributed by atoms with van der Waals surface area (Å²) in [4.78, 5) is 0. The van der Waals surface area contributed by atoms with Gasteiger partial charge in [0.2, 0.25) is 0 Å². The number of hydrogen-bond acceptors (Lipinski definition) is 1. The van der Waals surface area contributed by atoms with E-state index < -0.39 is 19.7 Å². The normalized spacial score (nSPS) is 23.6. The fraction of sp³-hybridized carbons (Fsp3) is 0.438. The van der Waals surface area contributed by atoms with Gasteiger partial charge in [-0.3, -0.25) is 0 Å². The van der Waals surface area contributed by atoms with Crippen LogP contribution >= 0.6 is 0 Å². The van der Waals surface area contributed by atoms with Gasteiger partial charge in [0, 0.05) is 29.8 Å². The molecule has 0 saturated carbocycles. The summed E-state index contributed by atoms with van der Waals surface area (Å²) >= 11 is 0. The molecular weight excluding hydrogens is 323 g/mol. The number of aromatic nitrogens is 1. The van der Waals surface area contributed by atoms with Crippen molar-refractivity contribution in [1.82, 2.24) is 4.48 Å². The van der Waals surface area contributed by atoms with Gasteiger partial charge in [-0.15, -0.1) is 0 Å². The molecule has 130 valence electrons. The number of halogens is 4. The van der Waals surface area contributed by atoms with Crippen LogP contribution in [0.15, 0.2) is 23.4 Å². The molecule has 1 aromatic heterocycles. The molecule has 0 radical (unpaired) electrons. The molecule has 0 bridgehead atoms. The minimum Gasteiger partial charge on any atom is -0.473 e. The van der Waals surface area contributed by atoms with Crippen LogP contribution in [0.1, 0.15) is 37.7 Å². The van der Waals surface area contributed by atoms with Gasteiger partial charge in [-0.25, -0.2) is 0 Å². The Labute approximate surface area is 138 Å². The van der Waals surface area contributed by atoms with Crippen LogP contribution in [0.2, 0.25) is 0 Å². The van der Waals surface area contributed by atoms with Crippen LogP contribution in [0.5, 0.6) is 0 Å². The van der Waals surface area contributed by atoms with Crippen LogP contribution in [0.3, 0.4) is 0 Å². The molecule has 2 aliphatic heterocycles. The van der Waals surface area contributed by atoms with Crippen LogP contribution in [0.25, 0.3) is 5.57 Å². The van der Waals surface area contributed by atoms with Crippen LogP contribution in [-0.4, -0.2) is 34.4 Å². The molecule has 0 amide bonds. The zero-order chi connectivity index (χ0) is 18.0. The lowest BCUT2D eigenvalue weighted by Gasteiger charge is -2.38. The summed E-state index contributed by atoms with van der Waals surface area (Å²) in [6.07, 6.45) is -2.84. The maximum Gasteiger partial charge on any atom is 0.701 e. The summed E-state index contributed by atoms with van der Waals surface area (Å²) in [7, 11) is 0. The van der Waals surface area contributed by atoms with Crippen molar-refractivity contribution in [3.8, 4) is 0 Å². The number of nitrogens with zero attached hydrogens (tertiary/aromatic N) is 2. The molecule has 1 atom stereocenters. The van der Waals surface area contributed by atoms with Gasteiger partial charge in [0.1, 0.15) is 12.3 Å². The molecule has 3 heterocycles. The summed E-state index contributed by atoms with van der Waals surface area (Å²) in [5.74, 6) is 0. The van der Waals surface area contributed by atoms with E-state index in [4.69, 9.17) is 4.65 Å². The Morgan fingerprint density at radius 3 is 2.38 bits per heavy atom. The van der Waals surface area contributed by atoms with E-state index in [1.807, 2.05) is 20.8 Å². The van der Waals surface area contributed by atoms with Gasteiger partial charge in [-0.05, 0) is 45.0 Å². The van der Waals surface area contributed by atoms with Crippen molar-refractivity contribution in [1.29, 1.82) is 0 Å². The smallest absolute Gasteiger partial charge is 0.473 e. The van der Waals surface area contributed by atoms with Crippen molar-refractivity contribution in [2.75, 3.05) is 6.61 Å². The monoisotopic (exact) mass is 342 g/mol. The first-order valence-corrected chi connectivity index (χ1v) is 7.73. The van der Waals surface area contributed by atoms with Gasteiger partial charge in [0.25, 0.3) is 0 Å². The minimum absolute atomic E-state index is 0.530. The van der Waals surface area contributed by atoms with Crippen LogP contribution in [0, 0.1) is 13.8 Å². The first kappa shape index (κ1) is 17.0. The number of hydrogen-bond donors (Lipinski definition) is 0. The summed E-state index contributed by atoms with van der Waals surface area (Å²) < 4.78 is 61.7. The molecule has 0 N–H and O–H groups in total. The highest BCUT2D eigenvalue weighted by atomic mass is 19.4. The lowest BCUT2D eigenvalue weighted by atomic mass is 9.83. The van der Waals surface area contributed by atoms with E-state index in [0.29, 0.717) is 22.8 Å². The third-order valence-corrected chi connectivity index (χ3v) is 4.65. The van der Waals surface area contributed by atoms with Crippen molar-refractivity contribution in [3.05, 3.63) is 40.4 Å². The van der Waals surface area contributed by atoms with Crippen molar-refractivity contribution in [2.24, 2.45) is 0 Å². The first-order valence-electron chi connectivity index (χ1n) is 7.73. The molecule has 24 heavy (non-hydrogen) atoms. The Balaban J connectivity index is 2.28. The third kappa shape index (κ3) is 2.27. The number of allylic oxidation sites excluding steroid dienone is 3. The Hall–Kier alpha value is -1.83. The van der Waals surface area contributed by atoms with E-state index in [2.05, 4.69) is 0 Å². The first-order chi connectivity index (χ1) is 11.0. The van der Waals surface area contributed by atoms with Gasteiger partial charge in [-0.2, -0.15) is 13.2 Å². The van der Waals surface area contributed by atoms with Gasteiger partial charge >= 0.3 is 13.1 Å². The van der Waals surface area contributed by atoms with E-state index in [9.17, 15) is 13.2 Å². The highest BCUT2D eigenvalue weighted by Gasteiger charge is 2.56. The standard InChI is InChI=1S/C16H19BF4N2O/c1-9-6-11(3)22-14(9)13(5)15-10(2)7-12(4)23(15)17(22,21)24-8-16(18,19)20/h6-7H,8H2,1-5H3. The predicted molar refractivity (Wildman–Crippen MR) is 85.5 cm³/mol. The van der Waals surface area contributed by atoms with E-state index in [1.165, 1.54) is 8.96 Å². The van der Waals surface area contributed by atoms with Crippen molar-refractivity contribution in [3.63, 3.8) is 0 Å². The van der Waals surface area contributed by atoms with Crippen molar-refractivity contribution in [2.45, 2.75) is 40.8 Å². The lowest BCUT2D eigenvalue weighted by molar-refractivity contribution is -0.378. The largest absolute Gasteiger partial charge is 0.701 e. The second kappa shape index (κ2) is 5.08. The zero-order valence-electron chi connectivity index (χ0n) is 14.3. The molecule has 0 fully saturated rings. The second-order valence-corrected chi connectivity index (χ2v) is 6.54. The van der Waals surface area contributed by atoms with Crippen molar-refractivity contribution < 1.29 is 26.6 Å². The van der Waals surface area contributed by atoms with Gasteiger partial charge < -0.3 is 17.9 Å². The van der Waals surface area contributed by atoms with E-state index in [0.717, 1.165) is 16.7 Å². The van der Waals surface area contributed by atoms with Gasteiger partial charge in [0.15, 0.2) is 5.70 Å². The summed E-state index contributed by atoms with van der Waals surface area (Å²) in [5, 5.41) is 0. The lowest BCUT2D eigenvalue weighted by Crippen LogP contribution is -2.58. The summed E-state index contributed by atoms with van der Waals surface area (Å²) in [5.41, 5.74) is 4.70. The average molecular weight is 342 g/mol. The molecule has 8 heteroatoms. The highest BCUT2D eigenvalue weighted by molar-refractivity contribution is 6.59. The van der Waals surface area contributed by atoms with Crippen molar-refractivity contribution >= 4 is 18.2 Å². The Bertz CT molecular complexity index is 832. The summed E-state index contributed by atoms with van der Waals surface area (Å²) in [6.45, 7) is 3.63. The Morgan fingerprint density at radius 1 is 1.17 bits per heavy atom. The predicted octanol–water partition coefficient (Wildman–Crippen LogP) is 4.11. The Kier molecular flexibility index (Phi) is 3.60. The quantitative estimate of drug-likeness (QED) is 0.584. The maximum atomic E-state index is 16.1. The SMILES string of the molecule is CC1=CC(C)=[N+]2C1=C(C)c1c(C)cc(C)n1[B-]2(F)OCC(F)(F)F. The molecule has 0 aliphatic carbocycles. The van der Waals surface area contributed by atoms with Crippen LogP contribution in [-0.2, 0) is 4.65 Å². The van der Waals surface area contributed by atoms with E-state index in [-0.39, 0.29) is 0 Å². The molecule has 1 unspecified atom stereocenters. The van der Waals surface area contributed by atoms with Crippen LogP contribution < -0.4 is 0 Å². The zero-order valence-corrected chi connectivity index (χ0v) is 14.3. The molecule has 1 aromatic rings. The number of fused-ring (bicyclic) bond motifs is 2. The summed E-state index contributed by atoms with van der Waals surface area (Å²) in [6, 6.07) is 1.77. The van der Waals surface area contributed by atoms with Gasteiger partial charge in [0.05, 0.1) is 0 Å². The fourth-order valence-electron chi connectivity index (χ4n) is 3.99. The maximum absolute atomic E-state index is 16.1. The Morgan fingerprint density at radius 2 is 1.79 bits per heavy atom. The van der Waals surface area contributed by atoms with Gasteiger partial charge in [-0.1, -0.05) is 0 Å². The molecule has 0 spiro atoms. The molecule has 3 nitrogen and oxygen atoms in total. The molecule has 3 rings (SSSR count). The topological polar surface area (TPSA) is 17.2 Å². The highest BCUT2D eigenvalue weighted by Crippen LogP contribution is 2.41. The molecule has 2 aliphatic rings. The number of alkyl halides is 3. The van der Waals surface area contributed by atoms with E-state index in [1.54, 1.807) is 26.0 Å². The van der Waals surface area contributed by atoms with Crippen LogP contribution in [0.4, 0.5) is 17.5 Å². The average Bonchev–Trinajstić information content (AvgIpc) is 2.91. The fourth-order valence-corrected chi connectivity index (χ4v) is 3.99. The number of rotatable bonds is 2.